The fourth-order valence-corrected chi connectivity index (χ4v) is 5.57. The Labute approximate surface area is 183 Å². The number of carbonyl (C=O) groups excluding carboxylic acids is 2. The van der Waals surface area contributed by atoms with Gasteiger partial charge in [-0.25, -0.2) is 17.9 Å². The molecule has 3 heterocycles. The molecule has 0 aromatic carbocycles. The lowest BCUT2D eigenvalue weighted by molar-refractivity contribution is -0.117. The molecule has 2 saturated heterocycles. The molecule has 0 radical (unpaired) electrons. The van der Waals surface area contributed by atoms with Crippen molar-refractivity contribution in [2.75, 3.05) is 56.2 Å². The van der Waals surface area contributed by atoms with Crippen LogP contribution in [0, 0.1) is 12.8 Å². The minimum atomic E-state index is -3.05. The van der Waals surface area contributed by atoms with Crippen LogP contribution in [-0.2, 0) is 19.4 Å². The molecule has 3 rings (SSSR count). The van der Waals surface area contributed by atoms with Gasteiger partial charge in [0.25, 0.3) is 0 Å². The van der Waals surface area contributed by atoms with Crippen molar-refractivity contribution in [2.24, 2.45) is 5.92 Å². The number of carbonyl (C=O) groups is 2. The van der Waals surface area contributed by atoms with Gasteiger partial charge in [-0.1, -0.05) is 13.8 Å². The topological polar surface area (TPSA) is 114 Å². The summed E-state index contributed by atoms with van der Waals surface area (Å²) >= 11 is 0. The maximum Gasteiger partial charge on any atom is 0.409 e. The largest absolute Gasteiger partial charge is 0.449 e. The summed E-state index contributed by atoms with van der Waals surface area (Å²) in [6.45, 7) is 8.82. The second-order valence-electron chi connectivity index (χ2n) is 8.81. The molecular formula is C20H33N5O5S. The summed E-state index contributed by atoms with van der Waals surface area (Å²) in [5.74, 6) is 0.827. The molecule has 1 atom stereocenters. The summed E-state index contributed by atoms with van der Waals surface area (Å²) < 4.78 is 30.6. The maximum atomic E-state index is 12.7. The second kappa shape index (κ2) is 9.99. The van der Waals surface area contributed by atoms with Crippen LogP contribution in [0.1, 0.15) is 38.4 Å². The van der Waals surface area contributed by atoms with Crippen LogP contribution in [0.3, 0.4) is 0 Å². The van der Waals surface area contributed by atoms with Gasteiger partial charge in [0.15, 0.2) is 9.84 Å². The highest BCUT2D eigenvalue weighted by Crippen LogP contribution is 2.27. The number of hydrogen-bond donors (Lipinski definition) is 1. The lowest BCUT2D eigenvalue weighted by Gasteiger charge is -2.22. The Hall–Kier alpha value is -2.14. The molecule has 1 aromatic rings. The lowest BCUT2D eigenvalue weighted by Crippen LogP contribution is -2.38. The summed E-state index contributed by atoms with van der Waals surface area (Å²) in [5, 5.41) is 7.29. The van der Waals surface area contributed by atoms with Gasteiger partial charge in [-0.2, -0.15) is 5.10 Å². The van der Waals surface area contributed by atoms with Gasteiger partial charge in [0.05, 0.1) is 36.4 Å². The summed E-state index contributed by atoms with van der Waals surface area (Å²) in [5.41, 5.74) is 0.727. The number of aromatic nitrogens is 2. The highest BCUT2D eigenvalue weighted by molar-refractivity contribution is 7.91. The number of sulfone groups is 1. The summed E-state index contributed by atoms with van der Waals surface area (Å²) in [6.07, 6.45) is 0.966. The summed E-state index contributed by atoms with van der Waals surface area (Å²) in [4.78, 5) is 28.6. The van der Waals surface area contributed by atoms with Crippen LogP contribution in [0.25, 0.3) is 0 Å². The molecule has 31 heavy (non-hydrogen) atoms. The molecule has 10 nitrogen and oxygen atoms in total. The zero-order valence-electron chi connectivity index (χ0n) is 18.5. The van der Waals surface area contributed by atoms with Crippen LogP contribution in [-0.4, -0.2) is 90.8 Å². The monoisotopic (exact) mass is 455 g/mol. The zero-order chi connectivity index (χ0) is 22.6. The van der Waals surface area contributed by atoms with Crippen molar-refractivity contribution >= 4 is 27.7 Å². The van der Waals surface area contributed by atoms with E-state index in [1.807, 2.05) is 25.7 Å². The molecule has 2 aliphatic heterocycles. The van der Waals surface area contributed by atoms with Gasteiger partial charge in [0, 0.05) is 32.2 Å². The van der Waals surface area contributed by atoms with Crippen LogP contribution in [0.15, 0.2) is 6.07 Å². The number of nitrogens with one attached hydrogen (secondary N) is 1. The third-order valence-electron chi connectivity index (χ3n) is 5.43. The molecule has 1 unspecified atom stereocenters. The SMILES string of the molecule is Cc1cc(NC(=O)CN2CCCN(C(=O)OCC(C)C)CC2)n(C2CCS(=O)(=O)C2)n1. The fourth-order valence-electron chi connectivity index (χ4n) is 3.88. The normalized spacial score (nSPS) is 21.8. The van der Waals surface area contributed by atoms with E-state index in [4.69, 9.17) is 4.74 Å². The number of amides is 2. The van der Waals surface area contributed by atoms with Crippen molar-refractivity contribution < 1.29 is 22.7 Å². The molecule has 174 valence electrons. The molecule has 2 amide bonds. The van der Waals surface area contributed by atoms with E-state index in [2.05, 4.69) is 10.4 Å². The first-order valence-electron chi connectivity index (χ1n) is 10.8. The van der Waals surface area contributed by atoms with Gasteiger partial charge in [-0.3, -0.25) is 9.69 Å². The number of nitrogens with zero attached hydrogens (tertiary/aromatic N) is 4. The third-order valence-corrected chi connectivity index (χ3v) is 7.18. The maximum absolute atomic E-state index is 12.7. The highest BCUT2D eigenvalue weighted by Gasteiger charge is 2.31. The molecule has 0 spiro atoms. The Morgan fingerprint density at radius 1 is 1.26 bits per heavy atom. The van der Waals surface area contributed by atoms with Gasteiger partial charge >= 0.3 is 6.09 Å². The molecule has 1 aromatic heterocycles. The molecule has 0 aliphatic carbocycles. The van der Waals surface area contributed by atoms with Crippen molar-refractivity contribution in [2.45, 2.75) is 39.7 Å². The predicted molar refractivity (Wildman–Crippen MR) is 117 cm³/mol. The average Bonchev–Trinajstić information content (AvgIpc) is 3.13. The van der Waals surface area contributed by atoms with Crippen LogP contribution < -0.4 is 5.32 Å². The van der Waals surface area contributed by atoms with Gasteiger partial charge < -0.3 is 15.0 Å². The minimum absolute atomic E-state index is 0.0475. The number of ether oxygens (including phenoxy) is 1. The van der Waals surface area contributed by atoms with Crippen molar-refractivity contribution in [3.63, 3.8) is 0 Å². The Morgan fingerprint density at radius 3 is 2.71 bits per heavy atom. The fraction of sp³-hybridized carbons (Fsp3) is 0.750. The number of hydrogen-bond acceptors (Lipinski definition) is 7. The van der Waals surface area contributed by atoms with E-state index < -0.39 is 9.84 Å². The zero-order valence-corrected chi connectivity index (χ0v) is 19.4. The second-order valence-corrected chi connectivity index (χ2v) is 11.0. The first kappa shape index (κ1) is 23.5. The van der Waals surface area contributed by atoms with Gasteiger partial charge in [-0.05, 0) is 25.7 Å². The van der Waals surface area contributed by atoms with E-state index >= 15 is 0 Å². The van der Waals surface area contributed by atoms with Gasteiger partial charge in [0.2, 0.25) is 5.91 Å². The van der Waals surface area contributed by atoms with Gasteiger partial charge in [-0.15, -0.1) is 0 Å². The Kier molecular flexibility index (Phi) is 7.58. The van der Waals surface area contributed by atoms with E-state index in [0.717, 1.165) is 12.1 Å². The number of rotatable bonds is 6. The van der Waals surface area contributed by atoms with Crippen molar-refractivity contribution in [1.29, 1.82) is 0 Å². The lowest BCUT2D eigenvalue weighted by atomic mass is 10.2. The van der Waals surface area contributed by atoms with E-state index in [1.165, 1.54) is 0 Å². The Morgan fingerprint density at radius 2 is 2.03 bits per heavy atom. The highest BCUT2D eigenvalue weighted by atomic mass is 32.2. The molecule has 11 heteroatoms. The third kappa shape index (κ3) is 6.67. The molecule has 1 N–H and O–H groups in total. The minimum Gasteiger partial charge on any atom is -0.449 e. The molecule has 0 saturated carbocycles. The molecular weight excluding hydrogens is 422 g/mol. The first-order chi connectivity index (χ1) is 14.6. The Balaban J connectivity index is 1.53. The van der Waals surface area contributed by atoms with Crippen molar-refractivity contribution in [3.8, 4) is 0 Å². The van der Waals surface area contributed by atoms with E-state index in [9.17, 15) is 18.0 Å². The van der Waals surface area contributed by atoms with Crippen LogP contribution in [0.5, 0.6) is 0 Å². The molecule has 0 bridgehead atoms. The van der Waals surface area contributed by atoms with Crippen LogP contribution in [0.2, 0.25) is 0 Å². The van der Waals surface area contributed by atoms with Gasteiger partial charge in [0.1, 0.15) is 5.82 Å². The standard InChI is InChI=1S/C20H33N5O5S/c1-15(2)13-30-20(27)24-7-4-6-23(8-9-24)12-19(26)21-18-11-16(3)22-25(18)17-5-10-31(28,29)14-17/h11,15,17H,4-10,12-14H2,1-3H3,(H,21,26). The quantitative estimate of drug-likeness (QED) is 0.687. The van der Waals surface area contributed by atoms with Crippen molar-refractivity contribution in [1.82, 2.24) is 19.6 Å². The smallest absolute Gasteiger partial charge is 0.409 e. The molecule has 2 aliphatic rings. The van der Waals surface area contributed by atoms with E-state index in [0.29, 0.717) is 45.0 Å². The Bertz CT molecular complexity index is 898. The average molecular weight is 456 g/mol. The van der Waals surface area contributed by atoms with Crippen LogP contribution in [0.4, 0.5) is 10.6 Å². The predicted octanol–water partition coefficient (Wildman–Crippen LogP) is 1.29. The number of aryl methyl sites for hydroxylation is 1. The van der Waals surface area contributed by atoms with E-state index in [-0.39, 0.29) is 42.0 Å². The van der Waals surface area contributed by atoms with Crippen LogP contribution >= 0.6 is 0 Å². The van der Waals surface area contributed by atoms with Crippen molar-refractivity contribution in [3.05, 3.63) is 11.8 Å². The summed E-state index contributed by atoms with van der Waals surface area (Å²) in [6, 6.07) is 1.51. The summed E-state index contributed by atoms with van der Waals surface area (Å²) in [7, 11) is -3.05. The first-order valence-corrected chi connectivity index (χ1v) is 12.7. The molecule has 2 fully saturated rings. The van der Waals surface area contributed by atoms with E-state index in [1.54, 1.807) is 15.6 Å². The number of anilines is 1.